The van der Waals surface area contributed by atoms with Crippen LogP contribution < -0.4 is 20.1 Å². The Morgan fingerprint density at radius 1 is 0.862 bits per heavy atom. The van der Waals surface area contributed by atoms with E-state index in [1.54, 1.807) is 54.6 Å². The molecule has 1 aliphatic heterocycles. The molecule has 0 bridgehead atoms. The number of imide groups is 1. The smallest absolute Gasteiger partial charge is 0.259 e. The second-order valence-electron chi connectivity index (χ2n) is 6.27. The number of benzene rings is 3. The van der Waals surface area contributed by atoms with Crippen molar-refractivity contribution in [2.75, 3.05) is 12.4 Å². The monoisotopic (exact) mass is 388 g/mol. The van der Waals surface area contributed by atoms with Gasteiger partial charge in [-0.1, -0.05) is 18.2 Å². The van der Waals surface area contributed by atoms with Gasteiger partial charge in [-0.3, -0.25) is 19.7 Å². The number of fused-ring (bicyclic) bond motifs is 1. The molecule has 7 nitrogen and oxygen atoms in total. The molecule has 3 aromatic rings. The number of nitrogens with one attached hydrogen (secondary N) is 2. The van der Waals surface area contributed by atoms with Crippen LogP contribution in [0.1, 0.15) is 31.1 Å². The summed E-state index contributed by atoms with van der Waals surface area (Å²) >= 11 is 0. The van der Waals surface area contributed by atoms with Crippen LogP contribution >= 0.6 is 0 Å². The molecule has 1 heterocycles. The van der Waals surface area contributed by atoms with E-state index >= 15 is 0 Å². The van der Waals surface area contributed by atoms with Gasteiger partial charge < -0.3 is 14.8 Å². The molecule has 0 radical (unpaired) electrons. The summed E-state index contributed by atoms with van der Waals surface area (Å²) in [6.07, 6.45) is 0. The van der Waals surface area contributed by atoms with Gasteiger partial charge in [0.15, 0.2) is 0 Å². The molecule has 0 saturated carbocycles. The van der Waals surface area contributed by atoms with Crippen molar-refractivity contribution in [2.24, 2.45) is 0 Å². The van der Waals surface area contributed by atoms with Crippen LogP contribution in [0.4, 0.5) is 5.69 Å². The van der Waals surface area contributed by atoms with Crippen molar-refractivity contribution in [3.63, 3.8) is 0 Å². The highest BCUT2D eigenvalue weighted by molar-refractivity contribution is 6.21. The van der Waals surface area contributed by atoms with Gasteiger partial charge in [-0.15, -0.1) is 0 Å². The van der Waals surface area contributed by atoms with Gasteiger partial charge in [-0.05, 0) is 42.5 Å². The zero-order chi connectivity index (χ0) is 20.4. The number of carbonyl (C=O) groups excluding carboxylic acids is 3. The highest BCUT2D eigenvalue weighted by Crippen LogP contribution is 2.28. The summed E-state index contributed by atoms with van der Waals surface area (Å²) in [6, 6.07) is 18.4. The summed E-state index contributed by atoms with van der Waals surface area (Å²) in [5, 5.41) is 5.04. The lowest BCUT2D eigenvalue weighted by molar-refractivity contribution is 0.0878. The average molecular weight is 388 g/mol. The Kier molecular flexibility index (Phi) is 4.70. The Bertz CT molecular complexity index is 1140. The van der Waals surface area contributed by atoms with Crippen LogP contribution in [0.25, 0.3) is 0 Å². The first-order valence-corrected chi connectivity index (χ1v) is 8.77. The Morgan fingerprint density at radius 2 is 1.62 bits per heavy atom. The fraction of sp³-hybridized carbons (Fsp3) is 0.0455. The summed E-state index contributed by atoms with van der Waals surface area (Å²) in [5.41, 5.74) is 1.54. The third-order valence-corrected chi connectivity index (χ3v) is 4.39. The number of hydrogen-bond donors (Lipinski definition) is 2. The maximum Gasteiger partial charge on any atom is 0.259 e. The number of hydrogen-bond acceptors (Lipinski definition) is 5. The molecule has 0 aliphatic carbocycles. The van der Waals surface area contributed by atoms with Gasteiger partial charge in [-0.25, -0.2) is 0 Å². The Labute approximate surface area is 166 Å². The number of carbonyl (C=O) groups is 3. The van der Waals surface area contributed by atoms with Gasteiger partial charge in [0.05, 0.1) is 23.8 Å². The predicted octanol–water partition coefficient (Wildman–Crippen LogP) is 3.62. The second-order valence-corrected chi connectivity index (χ2v) is 6.27. The Balaban J connectivity index is 1.52. The molecule has 3 amide bonds. The predicted molar refractivity (Wildman–Crippen MR) is 106 cm³/mol. The zero-order valence-corrected chi connectivity index (χ0v) is 15.4. The molecule has 0 atom stereocenters. The highest BCUT2D eigenvalue weighted by atomic mass is 16.5. The Morgan fingerprint density at radius 3 is 2.45 bits per heavy atom. The van der Waals surface area contributed by atoms with E-state index in [0.29, 0.717) is 34.1 Å². The fourth-order valence-electron chi connectivity index (χ4n) is 3.01. The van der Waals surface area contributed by atoms with Crippen molar-refractivity contribution in [1.82, 2.24) is 5.32 Å². The first-order chi connectivity index (χ1) is 14.0. The van der Waals surface area contributed by atoms with E-state index in [4.69, 9.17) is 9.47 Å². The van der Waals surface area contributed by atoms with Gasteiger partial charge >= 0.3 is 0 Å². The SMILES string of the molecule is COc1ccccc1C(=O)Nc1cccc(Oc2ccc3c(c2)C(=O)NC3=O)c1. The van der Waals surface area contributed by atoms with Crippen molar-refractivity contribution in [2.45, 2.75) is 0 Å². The normalized spacial score (nSPS) is 12.2. The molecule has 3 aromatic carbocycles. The molecule has 144 valence electrons. The van der Waals surface area contributed by atoms with E-state index < -0.39 is 11.8 Å². The molecule has 2 N–H and O–H groups in total. The van der Waals surface area contributed by atoms with Crippen LogP contribution in [-0.4, -0.2) is 24.8 Å². The van der Waals surface area contributed by atoms with E-state index in [2.05, 4.69) is 10.6 Å². The zero-order valence-electron chi connectivity index (χ0n) is 15.4. The van der Waals surface area contributed by atoms with Crippen LogP contribution in [0.5, 0.6) is 17.2 Å². The maximum atomic E-state index is 12.5. The topological polar surface area (TPSA) is 93.7 Å². The number of methoxy groups -OCH3 is 1. The number of ether oxygens (including phenoxy) is 2. The second kappa shape index (κ2) is 7.47. The van der Waals surface area contributed by atoms with E-state index in [0.717, 1.165) is 0 Å². The van der Waals surface area contributed by atoms with E-state index in [1.807, 2.05) is 0 Å². The van der Waals surface area contributed by atoms with Gasteiger partial charge in [0.1, 0.15) is 17.2 Å². The number of amides is 3. The highest BCUT2D eigenvalue weighted by Gasteiger charge is 2.27. The maximum absolute atomic E-state index is 12.5. The lowest BCUT2D eigenvalue weighted by Gasteiger charge is -2.11. The summed E-state index contributed by atoms with van der Waals surface area (Å²) < 4.78 is 11.0. The molecular weight excluding hydrogens is 372 g/mol. The largest absolute Gasteiger partial charge is 0.496 e. The molecule has 7 heteroatoms. The van der Waals surface area contributed by atoms with Crippen LogP contribution in [0.3, 0.4) is 0 Å². The minimum Gasteiger partial charge on any atom is -0.496 e. The van der Waals surface area contributed by atoms with Crippen molar-refractivity contribution >= 4 is 23.4 Å². The van der Waals surface area contributed by atoms with Crippen LogP contribution in [0.2, 0.25) is 0 Å². The summed E-state index contributed by atoms with van der Waals surface area (Å²) in [6.45, 7) is 0. The molecule has 0 spiro atoms. The minimum absolute atomic E-state index is 0.271. The fourth-order valence-corrected chi connectivity index (χ4v) is 3.01. The van der Waals surface area contributed by atoms with E-state index in [-0.39, 0.29) is 11.5 Å². The molecule has 4 rings (SSSR count). The Hall–Kier alpha value is -4.13. The van der Waals surface area contributed by atoms with Crippen molar-refractivity contribution in [3.8, 4) is 17.2 Å². The quantitative estimate of drug-likeness (QED) is 0.651. The molecule has 1 aliphatic rings. The van der Waals surface area contributed by atoms with E-state index in [1.165, 1.54) is 19.2 Å². The minimum atomic E-state index is -0.451. The van der Waals surface area contributed by atoms with Gasteiger partial charge in [0.25, 0.3) is 17.7 Å². The van der Waals surface area contributed by atoms with Gasteiger partial charge in [0, 0.05) is 11.8 Å². The molecule has 29 heavy (non-hydrogen) atoms. The molecule has 0 unspecified atom stereocenters. The molecular formula is C22H16N2O5. The third-order valence-electron chi connectivity index (χ3n) is 4.39. The van der Waals surface area contributed by atoms with Gasteiger partial charge in [-0.2, -0.15) is 0 Å². The number of para-hydroxylation sites is 1. The van der Waals surface area contributed by atoms with Crippen LogP contribution in [0, 0.1) is 0 Å². The number of anilines is 1. The standard InChI is InChI=1S/C22H16N2O5/c1-28-19-8-3-2-7-17(19)21(26)23-13-5-4-6-14(11-13)29-15-9-10-16-18(12-15)22(27)24-20(16)25/h2-12H,1H3,(H,23,26)(H,24,25,27). The summed E-state index contributed by atoms with van der Waals surface area (Å²) in [7, 11) is 1.50. The molecule has 0 fully saturated rings. The number of rotatable bonds is 5. The first-order valence-electron chi connectivity index (χ1n) is 8.77. The molecule has 0 aromatic heterocycles. The summed E-state index contributed by atoms with van der Waals surface area (Å²) in [4.78, 5) is 36.0. The lowest BCUT2D eigenvalue weighted by atomic mass is 10.1. The summed E-state index contributed by atoms with van der Waals surface area (Å²) in [5.74, 6) is 0.163. The third kappa shape index (κ3) is 3.66. The van der Waals surface area contributed by atoms with Crippen LogP contribution in [-0.2, 0) is 0 Å². The van der Waals surface area contributed by atoms with E-state index in [9.17, 15) is 14.4 Å². The van der Waals surface area contributed by atoms with Crippen molar-refractivity contribution in [3.05, 3.63) is 83.4 Å². The molecule has 0 saturated heterocycles. The van der Waals surface area contributed by atoms with Crippen molar-refractivity contribution < 1.29 is 23.9 Å². The van der Waals surface area contributed by atoms with Crippen LogP contribution in [0.15, 0.2) is 66.7 Å². The van der Waals surface area contributed by atoms with Crippen molar-refractivity contribution in [1.29, 1.82) is 0 Å². The van der Waals surface area contributed by atoms with Gasteiger partial charge in [0.2, 0.25) is 0 Å². The average Bonchev–Trinajstić information content (AvgIpc) is 3.01. The lowest BCUT2D eigenvalue weighted by Crippen LogP contribution is -2.19. The first kappa shape index (κ1) is 18.2.